The molecule has 2 heterocycles. The molecule has 1 aromatic heterocycles. The molecule has 0 aliphatic carbocycles. The minimum absolute atomic E-state index is 0.0331. The van der Waals surface area contributed by atoms with Gasteiger partial charge in [0.2, 0.25) is 15.9 Å². The van der Waals surface area contributed by atoms with E-state index in [0.29, 0.717) is 18.6 Å². The molecule has 9 nitrogen and oxygen atoms in total. The molecule has 1 aliphatic heterocycles. The molecule has 0 unspecified atom stereocenters. The number of hydrogen-bond acceptors (Lipinski definition) is 6. The third-order valence-electron chi connectivity index (χ3n) is 5.65. The zero-order chi connectivity index (χ0) is 24.6. The molecule has 1 fully saturated rings. The van der Waals surface area contributed by atoms with Crippen LogP contribution in [0.5, 0.6) is 0 Å². The lowest BCUT2D eigenvalue weighted by molar-refractivity contribution is -0.116. The van der Waals surface area contributed by atoms with Crippen LogP contribution in [-0.2, 0) is 21.4 Å². The highest BCUT2D eigenvalue weighted by atomic mass is 32.2. The van der Waals surface area contributed by atoms with Crippen molar-refractivity contribution in [2.24, 2.45) is 0 Å². The quantitative estimate of drug-likeness (QED) is 0.542. The molecule has 3 aromatic rings. The van der Waals surface area contributed by atoms with Crippen LogP contribution in [0.25, 0.3) is 11.1 Å². The summed E-state index contributed by atoms with van der Waals surface area (Å²) in [6.07, 6.45) is 1.42. The first-order valence-electron chi connectivity index (χ1n) is 10.7. The van der Waals surface area contributed by atoms with E-state index >= 15 is 0 Å². The lowest BCUT2D eigenvalue weighted by atomic mass is 10.2. The predicted octanol–water partition coefficient (Wildman–Crippen LogP) is 2.75. The Labute approximate surface area is 194 Å². The van der Waals surface area contributed by atoms with Gasteiger partial charge < -0.3 is 14.6 Å². The Hall–Kier alpha value is -3.25. The first-order valence-corrected chi connectivity index (χ1v) is 12.1. The van der Waals surface area contributed by atoms with Crippen molar-refractivity contribution in [3.63, 3.8) is 0 Å². The van der Waals surface area contributed by atoms with Crippen LogP contribution in [0.15, 0.2) is 44.4 Å². The van der Waals surface area contributed by atoms with Gasteiger partial charge in [0.1, 0.15) is 5.69 Å². The van der Waals surface area contributed by atoms with E-state index < -0.39 is 33.3 Å². The van der Waals surface area contributed by atoms with E-state index in [-0.39, 0.29) is 34.8 Å². The third-order valence-corrected chi connectivity index (χ3v) is 7.55. The number of nitrogens with one attached hydrogen (secondary N) is 1. The van der Waals surface area contributed by atoms with Gasteiger partial charge >= 0.3 is 5.76 Å². The molecular formula is C22H24F2N4O5S. The van der Waals surface area contributed by atoms with Gasteiger partial charge in [0, 0.05) is 51.9 Å². The summed E-state index contributed by atoms with van der Waals surface area (Å²) in [7, 11) is -0.681. The monoisotopic (exact) mass is 494 g/mol. The molecule has 0 radical (unpaired) electrons. The van der Waals surface area contributed by atoms with Crippen LogP contribution in [0.3, 0.4) is 0 Å². The number of halogens is 2. The van der Waals surface area contributed by atoms with Crippen molar-refractivity contribution in [2.75, 3.05) is 37.4 Å². The molecule has 12 heteroatoms. The summed E-state index contributed by atoms with van der Waals surface area (Å²) >= 11 is 0. The number of benzene rings is 2. The summed E-state index contributed by atoms with van der Waals surface area (Å²) in [5.41, 5.74) is 0.159. The van der Waals surface area contributed by atoms with E-state index in [9.17, 15) is 26.8 Å². The molecule has 0 spiro atoms. The second kappa shape index (κ2) is 9.18. The van der Waals surface area contributed by atoms with Gasteiger partial charge in [-0.05, 0) is 37.1 Å². The number of carbonyl (C=O) groups excluding carboxylic acids is 1. The zero-order valence-corrected chi connectivity index (χ0v) is 19.5. The van der Waals surface area contributed by atoms with Gasteiger partial charge in [-0.25, -0.2) is 22.0 Å². The van der Waals surface area contributed by atoms with Crippen LogP contribution in [0.4, 0.5) is 20.2 Å². The molecule has 1 N–H and O–H groups in total. The highest BCUT2D eigenvalue weighted by Gasteiger charge is 2.28. The molecule has 1 saturated heterocycles. The summed E-state index contributed by atoms with van der Waals surface area (Å²) in [5, 5.41) is 2.41. The van der Waals surface area contributed by atoms with Crippen LogP contribution in [0, 0.1) is 11.6 Å². The number of amides is 1. The highest BCUT2D eigenvalue weighted by molar-refractivity contribution is 7.89. The Morgan fingerprint density at radius 1 is 1.12 bits per heavy atom. The third kappa shape index (κ3) is 4.55. The maximum atomic E-state index is 14.1. The predicted molar refractivity (Wildman–Crippen MR) is 122 cm³/mol. The van der Waals surface area contributed by atoms with Crippen molar-refractivity contribution in [1.29, 1.82) is 0 Å². The van der Waals surface area contributed by atoms with E-state index in [1.165, 1.54) is 46.1 Å². The smallest absolute Gasteiger partial charge is 0.408 e. The molecule has 182 valence electrons. The number of aromatic nitrogens is 1. The van der Waals surface area contributed by atoms with Crippen molar-refractivity contribution < 1.29 is 26.4 Å². The molecule has 1 amide bonds. The molecule has 0 atom stereocenters. The summed E-state index contributed by atoms with van der Waals surface area (Å²) in [4.78, 5) is 26.0. The van der Waals surface area contributed by atoms with Crippen LogP contribution < -0.4 is 16.0 Å². The van der Waals surface area contributed by atoms with Gasteiger partial charge in [0.05, 0.1) is 10.4 Å². The summed E-state index contributed by atoms with van der Waals surface area (Å²) in [6.45, 7) is 0.828. The number of fused-ring (bicyclic) bond motifs is 1. The van der Waals surface area contributed by atoms with Crippen molar-refractivity contribution >= 4 is 38.4 Å². The minimum atomic E-state index is -3.68. The fourth-order valence-corrected chi connectivity index (χ4v) is 5.53. The molecular weight excluding hydrogens is 470 g/mol. The lowest BCUT2D eigenvalue weighted by Gasteiger charge is -2.16. The van der Waals surface area contributed by atoms with E-state index in [4.69, 9.17) is 4.42 Å². The fraction of sp³-hybridized carbons (Fsp3) is 0.364. The number of hydrogen-bond donors (Lipinski definition) is 1. The van der Waals surface area contributed by atoms with E-state index in [1.807, 2.05) is 0 Å². The van der Waals surface area contributed by atoms with Gasteiger partial charge in [0.15, 0.2) is 17.2 Å². The second-order valence-electron chi connectivity index (χ2n) is 8.24. The minimum Gasteiger partial charge on any atom is -0.408 e. The second-order valence-corrected chi connectivity index (χ2v) is 10.2. The molecule has 1 aliphatic rings. The van der Waals surface area contributed by atoms with Gasteiger partial charge in [-0.3, -0.25) is 9.36 Å². The maximum absolute atomic E-state index is 14.1. The van der Waals surface area contributed by atoms with Gasteiger partial charge in [-0.2, -0.15) is 4.31 Å². The van der Waals surface area contributed by atoms with Crippen molar-refractivity contribution in [3.05, 3.63) is 52.5 Å². The standard InChI is InChI=1S/C22H24F2N4O5S/c1-26(2)21-16(23)11-14(12-17(21)24)25-20(29)7-10-28-18-6-5-15(13-19(18)33-22(28)30)34(31,32)27-8-3-4-9-27/h5-6,11-13H,3-4,7-10H2,1-2H3,(H,25,29). The van der Waals surface area contributed by atoms with Crippen LogP contribution in [0.2, 0.25) is 0 Å². The Balaban J connectivity index is 1.49. The zero-order valence-electron chi connectivity index (χ0n) is 18.7. The molecule has 4 rings (SSSR count). The highest BCUT2D eigenvalue weighted by Crippen LogP contribution is 2.26. The normalized spacial score (nSPS) is 14.6. The number of sulfonamides is 1. The van der Waals surface area contributed by atoms with Gasteiger partial charge in [0.25, 0.3) is 0 Å². The topological polar surface area (TPSA) is 105 Å². The van der Waals surface area contributed by atoms with E-state index in [0.717, 1.165) is 25.0 Å². The van der Waals surface area contributed by atoms with Crippen LogP contribution in [0.1, 0.15) is 19.3 Å². The Morgan fingerprint density at radius 3 is 2.38 bits per heavy atom. The average molecular weight is 495 g/mol. The molecule has 2 aromatic carbocycles. The Kier molecular flexibility index (Phi) is 6.45. The van der Waals surface area contributed by atoms with E-state index in [1.54, 1.807) is 0 Å². The number of nitrogens with zero attached hydrogens (tertiary/aromatic N) is 3. The fourth-order valence-electron chi connectivity index (χ4n) is 4.00. The van der Waals surface area contributed by atoms with Gasteiger partial charge in [-0.15, -0.1) is 0 Å². The van der Waals surface area contributed by atoms with Crippen LogP contribution >= 0.6 is 0 Å². The number of rotatable bonds is 7. The summed E-state index contributed by atoms with van der Waals surface area (Å²) < 4.78 is 61.6. The Morgan fingerprint density at radius 2 is 1.76 bits per heavy atom. The van der Waals surface area contributed by atoms with Crippen LogP contribution in [-0.4, -0.2) is 50.4 Å². The van der Waals surface area contributed by atoms with Crippen molar-refractivity contribution in [1.82, 2.24) is 8.87 Å². The first kappa shape index (κ1) is 23.9. The summed E-state index contributed by atoms with van der Waals surface area (Å²) in [5.74, 6) is -2.95. The Bertz CT molecular complexity index is 1390. The van der Waals surface area contributed by atoms with E-state index in [2.05, 4.69) is 5.32 Å². The number of carbonyl (C=O) groups is 1. The first-order chi connectivity index (χ1) is 16.1. The van der Waals surface area contributed by atoms with Crippen molar-refractivity contribution in [2.45, 2.75) is 30.7 Å². The van der Waals surface area contributed by atoms with Gasteiger partial charge in [-0.1, -0.05) is 0 Å². The SMILES string of the molecule is CN(C)c1c(F)cc(NC(=O)CCn2c(=O)oc3cc(S(=O)(=O)N4CCCC4)ccc32)cc1F. The number of aryl methyl sites for hydroxylation is 1. The molecule has 34 heavy (non-hydrogen) atoms. The molecule has 0 bridgehead atoms. The summed E-state index contributed by atoms with van der Waals surface area (Å²) in [6, 6.07) is 6.19. The average Bonchev–Trinajstić information content (AvgIpc) is 3.39. The molecule has 0 saturated carbocycles. The maximum Gasteiger partial charge on any atom is 0.419 e. The number of oxazole rings is 1. The van der Waals surface area contributed by atoms with Crippen molar-refractivity contribution in [3.8, 4) is 0 Å². The number of anilines is 2. The lowest BCUT2D eigenvalue weighted by Crippen LogP contribution is -2.27. The largest absolute Gasteiger partial charge is 0.419 e.